The summed E-state index contributed by atoms with van der Waals surface area (Å²) in [4.78, 5) is 10.6. The smallest absolute Gasteiger partial charge is 0.0366 e. The molecular formula is C68H45N3P2SSe. The third kappa shape index (κ3) is 7.53. The van der Waals surface area contributed by atoms with Crippen molar-refractivity contribution >= 4 is 130 Å². The maximum absolute atomic E-state index is 6.80. The zero-order chi connectivity index (χ0) is 50.1. The van der Waals surface area contributed by atoms with Crippen LogP contribution >= 0.6 is 11.5 Å². The summed E-state index contributed by atoms with van der Waals surface area (Å²) in [6.07, 6.45) is 2.02. The minimum atomic E-state index is -2.43. The average molecular weight is 1080 g/mol. The zero-order valence-electron chi connectivity index (χ0n) is 40.5. The topological polar surface area (TPSA) is 30.2 Å². The Hall–Kier alpha value is -7.84. The number of rotatable bonds is 9. The summed E-state index contributed by atoms with van der Waals surface area (Å²) in [5.41, 5.74) is 8.65. The van der Waals surface area contributed by atoms with Crippen molar-refractivity contribution in [3.8, 4) is 33.5 Å². The van der Waals surface area contributed by atoms with Crippen LogP contribution < -0.4 is 31.8 Å². The molecule has 0 bridgehead atoms. The van der Waals surface area contributed by atoms with Crippen molar-refractivity contribution in [1.29, 1.82) is 0 Å². The molecule has 0 N–H and O–H groups in total. The Kier molecular flexibility index (Phi) is 11.3. The molecule has 11 aromatic carbocycles. The van der Waals surface area contributed by atoms with Gasteiger partial charge in [0.05, 0.1) is 5.69 Å². The molecular weight excluding hydrogens is 1030 g/mol. The van der Waals surface area contributed by atoms with E-state index >= 15 is 0 Å². The quantitative estimate of drug-likeness (QED) is 0.0820. The molecule has 0 saturated carbocycles. The minimum Gasteiger partial charge on any atom is -0.256 e. The molecule has 0 aliphatic carbocycles. The van der Waals surface area contributed by atoms with Crippen LogP contribution in [0, 0.1) is 0 Å². The molecule has 0 aliphatic heterocycles. The summed E-state index contributed by atoms with van der Waals surface area (Å²) >= 11 is 10.6. The van der Waals surface area contributed by atoms with Gasteiger partial charge in [-0.3, -0.25) is 4.98 Å². The van der Waals surface area contributed by atoms with Gasteiger partial charge in [-0.05, 0) is 39.9 Å². The number of hydrogen-bond donors (Lipinski definition) is 0. The molecule has 0 fully saturated rings. The Labute approximate surface area is 448 Å². The predicted molar refractivity (Wildman–Crippen MR) is 327 cm³/mol. The van der Waals surface area contributed by atoms with E-state index in [0.717, 1.165) is 71.1 Å². The summed E-state index contributed by atoms with van der Waals surface area (Å²) in [6, 6.07) is 94.3. The second kappa shape index (κ2) is 18.5. The first-order valence-electron chi connectivity index (χ1n) is 25.2. The maximum atomic E-state index is 6.80. The Morgan fingerprint density at radius 1 is 0.387 bits per heavy atom. The standard InChI is InChI=1S/C68H45N3P2SSe/c74-72(51-19-7-2-8-20-51,52-34-29-47(30-35-52)46-17-5-1-6-18-46)55-36-41-63(69-45-55)50-32-37-57-48(43-50)31-38-61-59-26-14-16-28-62(59)68-70-64-40-33-49(44-65(64)71(68)67(57)61)56-39-42-66(60-27-15-13-25-58(56)60)73(75,53-21-9-3-10-22-53)54-23-11-4-12-24-54/h1-45H. The number of hydrogen-bond acceptors (Lipinski definition) is 3. The molecule has 0 amide bonds. The molecule has 0 spiro atoms. The van der Waals surface area contributed by atoms with Crippen LogP contribution in [0.4, 0.5) is 0 Å². The van der Waals surface area contributed by atoms with Gasteiger partial charge in [0.1, 0.15) is 0 Å². The maximum Gasteiger partial charge on any atom is 0.0366 e. The van der Waals surface area contributed by atoms with E-state index in [2.05, 4.69) is 286 Å². The van der Waals surface area contributed by atoms with E-state index in [1.165, 1.54) is 54.1 Å². The van der Waals surface area contributed by atoms with E-state index in [9.17, 15) is 0 Å². The molecule has 3 nitrogen and oxygen atoms in total. The minimum absolute atomic E-state index is 0.905. The molecule has 0 aliphatic rings. The fourth-order valence-electron chi connectivity index (χ4n) is 11.3. The van der Waals surface area contributed by atoms with Gasteiger partial charge in [0, 0.05) is 23.1 Å². The van der Waals surface area contributed by atoms with Crippen LogP contribution in [0.3, 0.4) is 0 Å². The number of imidazole rings is 1. The average Bonchev–Trinajstić information content (AvgIpc) is 3.89. The van der Waals surface area contributed by atoms with Crippen molar-refractivity contribution < 1.29 is 0 Å². The Morgan fingerprint density at radius 3 is 1.61 bits per heavy atom. The fourth-order valence-corrected chi connectivity index (χ4v) is 20.3. The zero-order valence-corrected chi connectivity index (χ0v) is 44.9. The fraction of sp³-hybridized carbons (Fsp3) is 0. The molecule has 354 valence electrons. The van der Waals surface area contributed by atoms with Gasteiger partial charge in [0.15, 0.2) is 0 Å². The van der Waals surface area contributed by atoms with Gasteiger partial charge >= 0.3 is 250 Å². The number of benzene rings is 11. The second-order valence-corrected chi connectivity index (χ2v) is 29.7. The first-order valence-corrected chi connectivity index (χ1v) is 32.0. The van der Waals surface area contributed by atoms with E-state index in [0.29, 0.717) is 0 Å². The van der Waals surface area contributed by atoms with E-state index in [-0.39, 0.29) is 0 Å². The molecule has 7 heteroatoms. The summed E-state index contributed by atoms with van der Waals surface area (Å²) < 4.78 is 2.41. The van der Waals surface area contributed by atoms with Crippen molar-refractivity contribution in [3.63, 3.8) is 0 Å². The van der Waals surface area contributed by atoms with Crippen LogP contribution in [0.2, 0.25) is 0 Å². The Morgan fingerprint density at radius 2 is 0.933 bits per heavy atom. The first-order chi connectivity index (χ1) is 36.9. The van der Waals surface area contributed by atoms with Crippen LogP contribution in [-0.4, -0.2) is 29.5 Å². The second-order valence-electron chi connectivity index (χ2n) is 19.1. The van der Waals surface area contributed by atoms with Gasteiger partial charge in [0.2, 0.25) is 0 Å². The predicted octanol–water partition coefficient (Wildman–Crippen LogP) is 14.6. The van der Waals surface area contributed by atoms with E-state index in [4.69, 9.17) is 21.8 Å². The molecule has 0 radical (unpaired) electrons. The van der Waals surface area contributed by atoms with E-state index in [1.54, 1.807) is 0 Å². The van der Waals surface area contributed by atoms with Gasteiger partial charge in [-0.1, -0.05) is 127 Å². The SMILES string of the molecule is S=P(c1ccccc1)(c1ccc(-c2ccccc2)cc1)c1ccc(-c2ccc3c(ccc4c5ccccc5c5nc6ccc(-c7ccc(P(=[Se])(c8ccccc8)c8ccccc8)c8ccccc78)cc6n5c34)c2)nc1. The molecule has 3 aromatic heterocycles. The first kappa shape index (κ1) is 45.7. The van der Waals surface area contributed by atoms with Crippen molar-refractivity contribution in [3.05, 3.63) is 273 Å². The van der Waals surface area contributed by atoms with Crippen LogP contribution in [0.25, 0.3) is 93.4 Å². The monoisotopic (exact) mass is 1080 g/mol. The summed E-state index contributed by atoms with van der Waals surface area (Å²) in [6.45, 7) is 0. The molecule has 1 unspecified atom stereocenters. The summed E-state index contributed by atoms with van der Waals surface area (Å²) in [5.74, 6) is 0. The van der Waals surface area contributed by atoms with Crippen molar-refractivity contribution in [2.24, 2.45) is 0 Å². The van der Waals surface area contributed by atoms with Crippen molar-refractivity contribution in [2.75, 3.05) is 0 Å². The third-order valence-electron chi connectivity index (χ3n) is 15.0. The number of pyridine rings is 2. The number of nitrogens with zero attached hydrogens (tertiary/aromatic N) is 3. The number of aromatic nitrogens is 3. The Balaban J connectivity index is 0.895. The largest absolute Gasteiger partial charge is 0.256 e. The molecule has 3 heterocycles. The van der Waals surface area contributed by atoms with Crippen molar-refractivity contribution in [1.82, 2.24) is 14.4 Å². The van der Waals surface area contributed by atoms with Crippen LogP contribution in [0.15, 0.2) is 273 Å². The van der Waals surface area contributed by atoms with E-state index in [1.807, 2.05) is 6.20 Å². The third-order valence-corrected chi connectivity index (χ3v) is 26.9. The molecule has 0 saturated heterocycles. The van der Waals surface area contributed by atoms with Crippen LogP contribution in [0.5, 0.6) is 0 Å². The normalized spacial score (nSPS) is 12.7. The van der Waals surface area contributed by atoms with Crippen molar-refractivity contribution in [2.45, 2.75) is 0 Å². The summed E-state index contributed by atoms with van der Waals surface area (Å²) in [5, 5.41) is 15.6. The van der Waals surface area contributed by atoms with Gasteiger partial charge in [-0.25, -0.2) is 0 Å². The van der Waals surface area contributed by atoms with Crippen LogP contribution in [0.1, 0.15) is 0 Å². The number of fused-ring (bicyclic) bond motifs is 11. The molecule has 14 aromatic rings. The summed E-state index contributed by atoms with van der Waals surface area (Å²) in [7, 11) is 0. The van der Waals surface area contributed by atoms with E-state index < -0.39 is 11.5 Å². The molecule has 1 atom stereocenters. The molecule has 75 heavy (non-hydrogen) atoms. The Bertz CT molecular complexity index is 4580. The van der Waals surface area contributed by atoms with Gasteiger partial charge < -0.3 is 0 Å². The van der Waals surface area contributed by atoms with Gasteiger partial charge in [0.25, 0.3) is 0 Å². The van der Waals surface area contributed by atoms with Gasteiger partial charge in [-0.2, -0.15) is 0 Å². The van der Waals surface area contributed by atoms with Crippen LogP contribution in [-0.2, 0) is 11.8 Å². The molecule has 14 rings (SSSR count). The van der Waals surface area contributed by atoms with Gasteiger partial charge in [-0.15, -0.1) is 0 Å².